The normalized spacial score (nSPS) is 15.7. The van der Waals surface area contributed by atoms with Crippen molar-refractivity contribution in [3.8, 4) is 0 Å². The molecular formula is C30H28S. The van der Waals surface area contributed by atoms with Crippen LogP contribution < -0.4 is 0 Å². The summed E-state index contributed by atoms with van der Waals surface area (Å²) in [4.78, 5) is 3.37. The highest BCUT2D eigenvalue weighted by atomic mass is 32.3. The van der Waals surface area contributed by atoms with Gasteiger partial charge in [-0.05, 0) is 77.3 Å². The molecule has 4 aromatic carbocycles. The van der Waals surface area contributed by atoms with Gasteiger partial charge in [0.1, 0.15) is 0 Å². The number of hydrogen-bond acceptors (Lipinski definition) is 0. The Bertz CT molecular complexity index is 1290. The van der Waals surface area contributed by atoms with Gasteiger partial charge in [0, 0.05) is 12.8 Å². The van der Waals surface area contributed by atoms with E-state index in [0.717, 1.165) is 12.8 Å². The van der Waals surface area contributed by atoms with Crippen LogP contribution >= 0.6 is 10.0 Å². The summed E-state index contributed by atoms with van der Waals surface area (Å²) in [5.41, 5.74) is 5.95. The fourth-order valence-electron chi connectivity index (χ4n) is 5.75. The average Bonchev–Trinajstić information content (AvgIpc) is 3.46. The van der Waals surface area contributed by atoms with Crippen LogP contribution in [0.5, 0.6) is 0 Å². The number of benzene rings is 4. The van der Waals surface area contributed by atoms with E-state index in [1.165, 1.54) is 55.3 Å². The van der Waals surface area contributed by atoms with Crippen molar-refractivity contribution in [2.75, 3.05) is 11.5 Å². The Hall–Kier alpha value is -2.77. The monoisotopic (exact) mass is 420 g/mol. The standard InChI is InChI=1S/C30H28S/c1-3-31(4-2,25-17-23-15-13-21-9-5-7-11-27(21)29(23)19-25)26-18-24-16-14-22-10-6-8-12-28(22)30(24)20-26/h5-16,19-20H,3-4,17-18H2,1-2H3. The third-order valence-electron chi connectivity index (χ3n) is 7.45. The second kappa shape index (κ2) is 7.14. The molecule has 2 aliphatic rings. The Morgan fingerprint density at radius 2 is 1.03 bits per heavy atom. The lowest BCUT2D eigenvalue weighted by Crippen LogP contribution is -2.12. The molecular weight excluding hydrogens is 392 g/mol. The van der Waals surface area contributed by atoms with E-state index in [4.69, 9.17) is 0 Å². The summed E-state index contributed by atoms with van der Waals surface area (Å²) in [5.74, 6) is 2.47. The predicted octanol–water partition coefficient (Wildman–Crippen LogP) is 8.33. The maximum Gasteiger partial charge on any atom is 0.00289 e. The largest absolute Gasteiger partial charge is 0.195 e. The van der Waals surface area contributed by atoms with Crippen molar-refractivity contribution in [3.05, 3.63) is 105 Å². The van der Waals surface area contributed by atoms with Crippen molar-refractivity contribution in [2.24, 2.45) is 0 Å². The molecule has 0 nitrogen and oxygen atoms in total. The molecule has 0 radical (unpaired) electrons. The highest BCUT2D eigenvalue weighted by Gasteiger charge is 2.35. The number of allylic oxidation sites excluding steroid dienone is 2. The summed E-state index contributed by atoms with van der Waals surface area (Å²) in [6.07, 6.45) is 7.38. The first-order valence-corrected chi connectivity index (χ1v) is 13.4. The number of fused-ring (bicyclic) bond motifs is 6. The van der Waals surface area contributed by atoms with Gasteiger partial charge < -0.3 is 0 Å². The van der Waals surface area contributed by atoms with Crippen LogP contribution in [-0.4, -0.2) is 11.5 Å². The molecule has 0 bridgehead atoms. The second-order valence-electron chi connectivity index (χ2n) is 8.75. The molecule has 0 saturated heterocycles. The Kier molecular flexibility index (Phi) is 4.36. The Labute approximate surface area is 186 Å². The molecule has 4 aromatic rings. The first-order valence-electron chi connectivity index (χ1n) is 11.4. The van der Waals surface area contributed by atoms with Gasteiger partial charge in [0.05, 0.1) is 0 Å². The molecule has 0 aliphatic heterocycles. The molecule has 0 aromatic heterocycles. The van der Waals surface area contributed by atoms with Crippen molar-refractivity contribution in [3.63, 3.8) is 0 Å². The topological polar surface area (TPSA) is 0 Å². The smallest absolute Gasteiger partial charge is 0.00289 e. The van der Waals surface area contributed by atoms with Crippen molar-refractivity contribution in [2.45, 2.75) is 26.7 Å². The fourth-order valence-corrected chi connectivity index (χ4v) is 9.52. The van der Waals surface area contributed by atoms with Gasteiger partial charge in [-0.3, -0.25) is 0 Å². The molecule has 0 N–H and O–H groups in total. The first kappa shape index (κ1) is 19.0. The summed E-state index contributed by atoms with van der Waals surface area (Å²) in [7, 11) is -0.980. The molecule has 0 saturated carbocycles. The summed E-state index contributed by atoms with van der Waals surface area (Å²) < 4.78 is 0. The van der Waals surface area contributed by atoms with E-state index in [2.05, 4.69) is 98.8 Å². The van der Waals surface area contributed by atoms with E-state index in [-0.39, 0.29) is 0 Å². The van der Waals surface area contributed by atoms with E-state index in [1.54, 1.807) is 9.81 Å². The van der Waals surface area contributed by atoms with Crippen molar-refractivity contribution in [1.82, 2.24) is 0 Å². The first-order chi connectivity index (χ1) is 15.2. The van der Waals surface area contributed by atoms with E-state index in [9.17, 15) is 0 Å². The van der Waals surface area contributed by atoms with Gasteiger partial charge >= 0.3 is 0 Å². The van der Waals surface area contributed by atoms with Crippen molar-refractivity contribution < 1.29 is 0 Å². The quantitative estimate of drug-likeness (QED) is 0.311. The van der Waals surface area contributed by atoms with Crippen LogP contribution in [-0.2, 0) is 12.8 Å². The fraction of sp³-hybridized carbons (Fsp3) is 0.200. The maximum absolute atomic E-state index is 2.57. The molecule has 1 heteroatoms. The minimum atomic E-state index is -0.980. The Morgan fingerprint density at radius 3 is 1.48 bits per heavy atom. The zero-order chi connectivity index (χ0) is 21.0. The van der Waals surface area contributed by atoms with Crippen molar-refractivity contribution in [1.29, 1.82) is 0 Å². The van der Waals surface area contributed by atoms with Gasteiger partial charge in [-0.2, -0.15) is 10.0 Å². The van der Waals surface area contributed by atoms with Crippen LogP contribution in [0.3, 0.4) is 0 Å². The van der Waals surface area contributed by atoms with E-state index in [1.807, 2.05) is 0 Å². The van der Waals surface area contributed by atoms with Gasteiger partial charge in [-0.1, -0.05) is 86.6 Å². The predicted molar refractivity (Wildman–Crippen MR) is 140 cm³/mol. The van der Waals surface area contributed by atoms with Crippen LogP contribution in [0.15, 0.2) is 82.6 Å². The van der Waals surface area contributed by atoms with E-state index < -0.39 is 10.0 Å². The van der Waals surface area contributed by atoms with Crippen LogP contribution in [0.2, 0.25) is 0 Å². The highest BCUT2D eigenvalue weighted by molar-refractivity contribution is 8.40. The molecule has 6 rings (SSSR count). The number of hydrogen-bond donors (Lipinski definition) is 0. The SMILES string of the molecule is CCS(CC)(C1=Cc2c(ccc3ccccc23)C1)C1=Cc2c(ccc3ccccc23)C1. The molecule has 0 fully saturated rings. The lowest BCUT2D eigenvalue weighted by atomic mass is 10.0. The molecule has 31 heavy (non-hydrogen) atoms. The average molecular weight is 421 g/mol. The van der Waals surface area contributed by atoms with Crippen LogP contribution in [0.1, 0.15) is 36.1 Å². The molecule has 0 amide bonds. The van der Waals surface area contributed by atoms with Crippen LogP contribution in [0.25, 0.3) is 33.7 Å². The van der Waals surface area contributed by atoms with E-state index in [0.29, 0.717) is 0 Å². The highest BCUT2D eigenvalue weighted by Crippen LogP contribution is 2.66. The molecule has 0 spiro atoms. The third kappa shape index (κ3) is 2.76. The van der Waals surface area contributed by atoms with Gasteiger partial charge in [0.15, 0.2) is 0 Å². The van der Waals surface area contributed by atoms with Gasteiger partial charge in [0.2, 0.25) is 0 Å². The van der Waals surface area contributed by atoms with E-state index >= 15 is 0 Å². The Balaban J connectivity index is 1.49. The third-order valence-corrected chi connectivity index (χ3v) is 12.0. The molecule has 0 atom stereocenters. The Morgan fingerprint density at radius 1 is 0.581 bits per heavy atom. The van der Waals surface area contributed by atoms with Crippen LogP contribution in [0.4, 0.5) is 0 Å². The minimum Gasteiger partial charge on any atom is -0.195 e. The summed E-state index contributed by atoms with van der Waals surface area (Å²) in [5, 5.41) is 5.52. The molecule has 0 unspecified atom stereocenters. The number of rotatable bonds is 4. The minimum absolute atomic E-state index is 0.980. The zero-order valence-electron chi connectivity index (χ0n) is 18.3. The second-order valence-corrected chi connectivity index (χ2v) is 12.7. The molecule has 2 aliphatic carbocycles. The maximum atomic E-state index is 2.57. The summed E-state index contributed by atoms with van der Waals surface area (Å²) in [6, 6.07) is 27.0. The molecule has 0 heterocycles. The lowest BCUT2D eigenvalue weighted by Gasteiger charge is -2.41. The van der Waals surface area contributed by atoms with Gasteiger partial charge in [-0.15, -0.1) is 0 Å². The van der Waals surface area contributed by atoms with Gasteiger partial charge in [-0.25, -0.2) is 0 Å². The zero-order valence-corrected chi connectivity index (χ0v) is 19.1. The van der Waals surface area contributed by atoms with Crippen LogP contribution in [0, 0.1) is 0 Å². The summed E-state index contributed by atoms with van der Waals surface area (Å²) in [6.45, 7) is 4.84. The van der Waals surface area contributed by atoms with Gasteiger partial charge in [0.25, 0.3) is 0 Å². The lowest BCUT2D eigenvalue weighted by molar-refractivity contribution is 1.24. The van der Waals surface area contributed by atoms with Crippen molar-refractivity contribution >= 4 is 43.7 Å². The molecule has 154 valence electrons. The summed E-state index contributed by atoms with van der Waals surface area (Å²) >= 11 is 0.